The minimum atomic E-state index is -4.66. The van der Waals surface area contributed by atoms with Crippen LogP contribution in [0.15, 0.2) is 47.6 Å². The fraction of sp³-hybridized carbons (Fsp3) is 0.0714. The van der Waals surface area contributed by atoms with Gasteiger partial charge in [-0.15, -0.1) is 0 Å². The Balaban J connectivity index is 2.26. The van der Waals surface area contributed by atoms with Crippen LogP contribution in [0.3, 0.4) is 0 Å². The summed E-state index contributed by atoms with van der Waals surface area (Å²) in [7, 11) is 0. The van der Waals surface area contributed by atoms with E-state index in [0.717, 1.165) is 12.1 Å². The molecular formula is C14H9ClF3N3O2. The van der Waals surface area contributed by atoms with Gasteiger partial charge in [-0.2, -0.15) is 18.3 Å². The molecule has 0 fully saturated rings. The van der Waals surface area contributed by atoms with Gasteiger partial charge in [0.25, 0.3) is 5.69 Å². The molecule has 23 heavy (non-hydrogen) atoms. The molecule has 9 heteroatoms. The Morgan fingerprint density at radius 1 is 1.22 bits per heavy atom. The van der Waals surface area contributed by atoms with Crippen LogP contribution in [-0.2, 0) is 6.18 Å². The second-order valence-corrected chi connectivity index (χ2v) is 4.79. The van der Waals surface area contributed by atoms with Crippen LogP contribution in [0.2, 0.25) is 5.02 Å². The highest BCUT2D eigenvalue weighted by molar-refractivity contribution is 6.33. The summed E-state index contributed by atoms with van der Waals surface area (Å²) in [6.45, 7) is 0. The molecule has 0 aliphatic rings. The van der Waals surface area contributed by atoms with Gasteiger partial charge in [0.2, 0.25) is 0 Å². The first kappa shape index (κ1) is 16.8. The number of benzene rings is 2. The first-order valence-corrected chi connectivity index (χ1v) is 6.56. The second kappa shape index (κ2) is 6.66. The molecule has 0 aliphatic heterocycles. The van der Waals surface area contributed by atoms with Crippen LogP contribution in [0.4, 0.5) is 24.5 Å². The highest BCUT2D eigenvalue weighted by Crippen LogP contribution is 2.34. The minimum absolute atomic E-state index is 0.161. The monoisotopic (exact) mass is 343 g/mol. The summed E-state index contributed by atoms with van der Waals surface area (Å²) in [4.78, 5) is 10.00. The predicted octanol–water partition coefficient (Wildman–Crippen LogP) is 4.71. The number of hydrogen-bond donors (Lipinski definition) is 1. The van der Waals surface area contributed by atoms with Crippen molar-refractivity contribution in [2.24, 2.45) is 5.10 Å². The van der Waals surface area contributed by atoms with Gasteiger partial charge in [-0.3, -0.25) is 15.5 Å². The average molecular weight is 344 g/mol. The molecule has 0 radical (unpaired) electrons. The molecule has 120 valence electrons. The van der Waals surface area contributed by atoms with Crippen molar-refractivity contribution in [3.05, 3.63) is 68.7 Å². The zero-order chi connectivity index (χ0) is 17.0. The minimum Gasteiger partial charge on any atom is -0.272 e. The fourth-order valence-corrected chi connectivity index (χ4v) is 1.89. The van der Waals surface area contributed by atoms with Crippen LogP contribution in [0.1, 0.15) is 11.1 Å². The van der Waals surface area contributed by atoms with Gasteiger partial charge in [-0.1, -0.05) is 29.8 Å². The summed E-state index contributed by atoms with van der Waals surface area (Å²) < 4.78 is 37.8. The lowest BCUT2D eigenvalue weighted by molar-refractivity contribution is -0.384. The zero-order valence-corrected chi connectivity index (χ0v) is 12.1. The Hall–Kier alpha value is -2.61. The lowest BCUT2D eigenvalue weighted by Gasteiger charge is -2.08. The Kier molecular flexibility index (Phi) is 4.85. The van der Waals surface area contributed by atoms with E-state index in [1.54, 1.807) is 24.3 Å². The van der Waals surface area contributed by atoms with E-state index in [4.69, 9.17) is 11.6 Å². The summed E-state index contributed by atoms with van der Waals surface area (Å²) in [6, 6.07) is 8.86. The smallest absolute Gasteiger partial charge is 0.272 e. The summed E-state index contributed by atoms with van der Waals surface area (Å²) >= 11 is 5.91. The molecule has 0 saturated heterocycles. The second-order valence-electron chi connectivity index (χ2n) is 4.38. The summed E-state index contributed by atoms with van der Waals surface area (Å²) in [5.74, 6) is 0. The van der Waals surface area contributed by atoms with E-state index in [1.807, 2.05) is 0 Å². The van der Waals surface area contributed by atoms with Gasteiger partial charge in [-0.25, -0.2) is 0 Å². The highest BCUT2D eigenvalue weighted by atomic mass is 35.5. The Morgan fingerprint density at radius 2 is 1.91 bits per heavy atom. The van der Waals surface area contributed by atoms with Crippen molar-refractivity contribution < 1.29 is 18.1 Å². The summed E-state index contributed by atoms with van der Waals surface area (Å²) in [5, 5.41) is 15.1. The van der Waals surface area contributed by atoms with E-state index in [1.165, 1.54) is 6.21 Å². The standard InChI is InChI=1S/C14H9ClF3N3O2/c15-11-4-2-1-3-9(11)8-19-20-12-6-5-10(14(16,17)18)7-13(12)21(22)23/h1-8,20H/b19-8+. The van der Waals surface area contributed by atoms with Gasteiger partial charge in [0.05, 0.1) is 16.7 Å². The van der Waals surface area contributed by atoms with Crippen LogP contribution in [-0.4, -0.2) is 11.1 Å². The molecule has 0 bridgehead atoms. The molecule has 0 amide bonds. The maximum atomic E-state index is 12.6. The first-order chi connectivity index (χ1) is 10.8. The van der Waals surface area contributed by atoms with Gasteiger partial charge in [0.15, 0.2) is 0 Å². The van der Waals surface area contributed by atoms with Crippen molar-refractivity contribution in [2.45, 2.75) is 6.18 Å². The molecular weight excluding hydrogens is 335 g/mol. The third kappa shape index (κ3) is 4.19. The number of halogens is 4. The number of nitrogens with one attached hydrogen (secondary N) is 1. The van der Waals surface area contributed by atoms with E-state index >= 15 is 0 Å². The molecule has 2 rings (SSSR count). The van der Waals surface area contributed by atoms with Crippen molar-refractivity contribution in [2.75, 3.05) is 5.43 Å². The Bertz CT molecular complexity index is 763. The van der Waals surface area contributed by atoms with Crippen molar-refractivity contribution in [3.8, 4) is 0 Å². The van der Waals surface area contributed by atoms with Gasteiger partial charge in [0.1, 0.15) is 5.69 Å². The van der Waals surface area contributed by atoms with Gasteiger partial charge >= 0.3 is 6.18 Å². The third-order valence-corrected chi connectivity index (χ3v) is 3.16. The van der Waals surface area contributed by atoms with Crippen LogP contribution < -0.4 is 5.43 Å². The van der Waals surface area contributed by atoms with Gasteiger partial charge in [-0.05, 0) is 18.2 Å². The molecule has 1 N–H and O–H groups in total. The molecule has 0 atom stereocenters. The number of hydrazone groups is 1. The van der Waals surface area contributed by atoms with E-state index in [0.29, 0.717) is 16.7 Å². The molecule has 0 aromatic heterocycles. The van der Waals surface area contributed by atoms with Gasteiger partial charge in [0, 0.05) is 16.7 Å². The Labute approximate surface area is 133 Å². The molecule has 0 unspecified atom stereocenters. The largest absolute Gasteiger partial charge is 0.416 e. The van der Waals surface area contributed by atoms with E-state index < -0.39 is 22.4 Å². The SMILES string of the molecule is O=[N+]([O-])c1cc(C(F)(F)F)ccc1N/N=C/c1ccccc1Cl. The van der Waals surface area contributed by atoms with Crippen molar-refractivity contribution in [3.63, 3.8) is 0 Å². The van der Waals surface area contributed by atoms with Crippen molar-refractivity contribution >= 4 is 29.2 Å². The van der Waals surface area contributed by atoms with Crippen LogP contribution in [0, 0.1) is 10.1 Å². The quantitative estimate of drug-likeness (QED) is 0.496. The van der Waals surface area contributed by atoms with E-state index in [9.17, 15) is 23.3 Å². The number of alkyl halides is 3. The number of nitrogens with zero attached hydrogens (tertiary/aromatic N) is 2. The van der Waals surface area contributed by atoms with Crippen molar-refractivity contribution in [1.82, 2.24) is 0 Å². The molecule has 2 aromatic rings. The van der Waals surface area contributed by atoms with Crippen LogP contribution in [0.25, 0.3) is 0 Å². The lowest BCUT2D eigenvalue weighted by atomic mass is 10.1. The molecule has 0 spiro atoms. The molecule has 0 saturated carbocycles. The Morgan fingerprint density at radius 3 is 2.52 bits per heavy atom. The fourth-order valence-electron chi connectivity index (χ4n) is 1.70. The number of hydrogen-bond acceptors (Lipinski definition) is 4. The van der Waals surface area contributed by atoms with Crippen LogP contribution in [0.5, 0.6) is 0 Å². The average Bonchev–Trinajstić information content (AvgIpc) is 2.48. The zero-order valence-electron chi connectivity index (χ0n) is 11.3. The first-order valence-electron chi connectivity index (χ1n) is 6.18. The number of anilines is 1. The van der Waals surface area contributed by atoms with Crippen molar-refractivity contribution in [1.29, 1.82) is 0 Å². The lowest BCUT2D eigenvalue weighted by Crippen LogP contribution is -2.06. The van der Waals surface area contributed by atoms with Crippen LogP contribution >= 0.6 is 11.6 Å². The molecule has 5 nitrogen and oxygen atoms in total. The van der Waals surface area contributed by atoms with E-state index in [-0.39, 0.29) is 5.69 Å². The highest BCUT2D eigenvalue weighted by Gasteiger charge is 2.33. The maximum absolute atomic E-state index is 12.6. The third-order valence-electron chi connectivity index (χ3n) is 2.82. The van der Waals surface area contributed by atoms with Gasteiger partial charge < -0.3 is 0 Å². The number of nitro groups is 1. The molecule has 0 heterocycles. The topological polar surface area (TPSA) is 67.5 Å². The number of nitro benzene ring substituents is 1. The maximum Gasteiger partial charge on any atom is 0.416 e. The normalized spacial score (nSPS) is 11.7. The molecule has 2 aromatic carbocycles. The predicted molar refractivity (Wildman–Crippen MR) is 80.8 cm³/mol. The van der Waals surface area contributed by atoms with E-state index in [2.05, 4.69) is 10.5 Å². The molecule has 0 aliphatic carbocycles. The summed E-state index contributed by atoms with van der Waals surface area (Å²) in [6.07, 6.45) is -3.35. The number of rotatable bonds is 4. The summed E-state index contributed by atoms with van der Waals surface area (Å²) in [5.41, 5.74) is 0.910.